The highest BCUT2D eigenvalue weighted by atomic mass is 16.5. The van der Waals surface area contributed by atoms with Crippen molar-refractivity contribution in [2.45, 2.75) is 19.3 Å². The number of rotatable bonds is 3. The molecule has 0 radical (unpaired) electrons. The van der Waals surface area contributed by atoms with Gasteiger partial charge in [-0.15, -0.1) is 0 Å². The standard InChI is InChI=1S/C16H15N3O4/c1-23-16(22)9-5-7-10(8-6-9)19-11-3-2-4-12(20)13(11)14(18-19)15(17)21/h5-8H,2-4H2,1H3,(H2,17,21). The highest BCUT2D eigenvalue weighted by Gasteiger charge is 2.29. The van der Waals surface area contributed by atoms with Gasteiger partial charge in [0.15, 0.2) is 11.5 Å². The maximum absolute atomic E-state index is 12.1. The summed E-state index contributed by atoms with van der Waals surface area (Å²) in [6, 6.07) is 6.57. The number of carbonyl (C=O) groups excluding carboxylic acids is 3. The first-order valence-corrected chi connectivity index (χ1v) is 7.16. The quantitative estimate of drug-likeness (QED) is 0.859. The fraction of sp³-hybridized carbons (Fsp3) is 0.250. The van der Waals surface area contributed by atoms with Gasteiger partial charge in [-0.05, 0) is 37.1 Å². The van der Waals surface area contributed by atoms with Crippen LogP contribution in [-0.2, 0) is 11.2 Å². The number of Topliss-reactive ketones (excluding diaryl/α,β-unsaturated/α-hetero) is 1. The Morgan fingerprint density at radius 1 is 1.22 bits per heavy atom. The molecule has 23 heavy (non-hydrogen) atoms. The fourth-order valence-electron chi connectivity index (χ4n) is 2.76. The highest BCUT2D eigenvalue weighted by molar-refractivity contribution is 6.08. The van der Waals surface area contributed by atoms with E-state index in [1.54, 1.807) is 28.9 Å². The predicted octanol–water partition coefficient (Wildman–Crippen LogP) is 1.28. The molecule has 0 spiro atoms. The zero-order valence-corrected chi connectivity index (χ0v) is 12.5. The summed E-state index contributed by atoms with van der Waals surface area (Å²) in [6.45, 7) is 0. The topological polar surface area (TPSA) is 104 Å². The Morgan fingerprint density at radius 2 is 1.91 bits per heavy atom. The second-order valence-electron chi connectivity index (χ2n) is 5.26. The number of esters is 1. The predicted molar refractivity (Wildman–Crippen MR) is 80.7 cm³/mol. The number of benzene rings is 1. The summed E-state index contributed by atoms with van der Waals surface area (Å²) >= 11 is 0. The molecule has 2 aromatic rings. The molecule has 1 heterocycles. The van der Waals surface area contributed by atoms with E-state index in [1.807, 2.05) is 0 Å². The lowest BCUT2D eigenvalue weighted by Gasteiger charge is -2.13. The molecular weight excluding hydrogens is 298 g/mol. The van der Waals surface area contributed by atoms with Gasteiger partial charge in [0.25, 0.3) is 5.91 Å². The van der Waals surface area contributed by atoms with Crippen molar-refractivity contribution in [1.29, 1.82) is 0 Å². The van der Waals surface area contributed by atoms with E-state index in [4.69, 9.17) is 5.73 Å². The van der Waals surface area contributed by atoms with Crippen LogP contribution in [0.25, 0.3) is 5.69 Å². The Kier molecular flexibility index (Phi) is 3.69. The fourth-order valence-corrected chi connectivity index (χ4v) is 2.76. The molecule has 1 aliphatic carbocycles. The van der Waals surface area contributed by atoms with Crippen LogP contribution in [0, 0.1) is 0 Å². The minimum absolute atomic E-state index is 0.00162. The molecule has 0 aliphatic heterocycles. The molecule has 1 aromatic heterocycles. The number of hydrogen-bond acceptors (Lipinski definition) is 5. The van der Waals surface area contributed by atoms with Gasteiger partial charge in [-0.1, -0.05) is 0 Å². The summed E-state index contributed by atoms with van der Waals surface area (Å²) in [5.74, 6) is -1.27. The third-order valence-electron chi connectivity index (χ3n) is 3.84. The molecule has 7 nitrogen and oxygen atoms in total. The van der Waals surface area contributed by atoms with Gasteiger partial charge in [-0.3, -0.25) is 9.59 Å². The van der Waals surface area contributed by atoms with Crippen molar-refractivity contribution < 1.29 is 19.1 Å². The van der Waals surface area contributed by atoms with Crippen LogP contribution in [0.2, 0.25) is 0 Å². The lowest BCUT2D eigenvalue weighted by Crippen LogP contribution is -2.18. The number of carbonyl (C=O) groups is 3. The second-order valence-corrected chi connectivity index (χ2v) is 5.26. The van der Waals surface area contributed by atoms with Gasteiger partial charge < -0.3 is 10.5 Å². The first-order chi connectivity index (χ1) is 11.0. The van der Waals surface area contributed by atoms with Crippen molar-refractivity contribution in [2.75, 3.05) is 7.11 Å². The molecule has 0 atom stereocenters. The van der Waals surface area contributed by atoms with Crippen molar-refractivity contribution in [3.05, 3.63) is 46.8 Å². The molecule has 1 amide bonds. The van der Waals surface area contributed by atoms with Crippen LogP contribution in [0.3, 0.4) is 0 Å². The van der Waals surface area contributed by atoms with Crippen LogP contribution in [0.1, 0.15) is 49.7 Å². The summed E-state index contributed by atoms with van der Waals surface area (Å²) < 4.78 is 6.20. The molecule has 0 fully saturated rings. The zero-order valence-electron chi connectivity index (χ0n) is 12.5. The van der Waals surface area contributed by atoms with E-state index in [1.165, 1.54) is 7.11 Å². The maximum Gasteiger partial charge on any atom is 0.337 e. The van der Waals surface area contributed by atoms with Crippen molar-refractivity contribution in [3.8, 4) is 5.69 Å². The highest BCUT2D eigenvalue weighted by Crippen LogP contribution is 2.27. The lowest BCUT2D eigenvalue weighted by atomic mass is 9.94. The Bertz CT molecular complexity index is 805. The molecule has 3 rings (SSSR count). The van der Waals surface area contributed by atoms with Crippen LogP contribution >= 0.6 is 0 Å². The van der Waals surface area contributed by atoms with Gasteiger partial charge >= 0.3 is 5.97 Å². The first-order valence-electron chi connectivity index (χ1n) is 7.16. The van der Waals surface area contributed by atoms with Gasteiger partial charge in [0, 0.05) is 6.42 Å². The van der Waals surface area contributed by atoms with E-state index in [9.17, 15) is 14.4 Å². The maximum atomic E-state index is 12.1. The van der Waals surface area contributed by atoms with Crippen LogP contribution in [0.5, 0.6) is 0 Å². The number of hydrogen-bond donors (Lipinski definition) is 1. The molecule has 118 valence electrons. The number of nitrogens with two attached hydrogens (primary N) is 1. The lowest BCUT2D eigenvalue weighted by molar-refractivity contribution is 0.0600. The van der Waals surface area contributed by atoms with Crippen molar-refractivity contribution in [2.24, 2.45) is 5.73 Å². The monoisotopic (exact) mass is 313 g/mol. The number of fused-ring (bicyclic) bond motifs is 1. The molecule has 0 saturated heterocycles. The van der Waals surface area contributed by atoms with Crippen molar-refractivity contribution in [3.63, 3.8) is 0 Å². The van der Waals surface area contributed by atoms with Gasteiger partial charge in [0.2, 0.25) is 0 Å². The van der Waals surface area contributed by atoms with Gasteiger partial charge in [0.05, 0.1) is 29.6 Å². The van der Waals surface area contributed by atoms with E-state index in [0.717, 1.165) is 0 Å². The summed E-state index contributed by atoms with van der Waals surface area (Å²) in [5, 5.41) is 4.21. The summed E-state index contributed by atoms with van der Waals surface area (Å²) in [6.07, 6.45) is 1.73. The van der Waals surface area contributed by atoms with Crippen LogP contribution in [-0.4, -0.2) is 34.6 Å². The molecule has 1 aliphatic rings. The molecule has 2 N–H and O–H groups in total. The SMILES string of the molecule is COC(=O)c1ccc(-n2nc(C(N)=O)c3c2CCCC3=O)cc1. The Balaban J connectivity index is 2.10. The summed E-state index contributed by atoms with van der Waals surface area (Å²) in [5.41, 5.74) is 7.40. The summed E-state index contributed by atoms with van der Waals surface area (Å²) in [7, 11) is 1.31. The number of ketones is 1. The third-order valence-corrected chi connectivity index (χ3v) is 3.84. The van der Waals surface area contributed by atoms with Crippen LogP contribution < -0.4 is 5.73 Å². The molecule has 1 aromatic carbocycles. The summed E-state index contributed by atoms with van der Waals surface area (Å²) in [4.78, 5) is 35.2. The van der Waals surface area contributed by atoms with E-state index < -0.39 is 11.9 Å². The normalized spacial score (nSPS) is 13.5. The average Bonchev–Trinajstić information content (AvgIpc) is 2.95. The Morgan fingerprint density at radius 3 is 2.52 bits per heavy atom. The second kappa shape index (κ2) is 5.68. The van der Waals surface area contributed by atoms with E-state index in [-0.39, 0.29) is 11.5 Å². The van der Waals surface area contributed by atoms with Crippen molar-refractivity contribution >= 4 is 17.7 Å². The number of amides is 1. The van der Waals surface area contributed by atoms with Crippen LogP contribution in [0.4, 0.5) is 0 Å². The Hall–Kier alpha value is -2.96. The molecule has 0 saturated carbocycles. The van der Waals surface area contributed by atoms with Gasteiger partial charge in [0.1, 0.15) is 0 Å². The third kappa shape index (κ3) is 2.50. The zero-order chi connectivity index (χ0) is 16.6. The van der Waals surface area contributed by atoms with Gasteiger partial charge in [-0.2, -0.15) is 5.10 Å². The molecular formula is C16H15N3O4. The number of ether oxygens (including phenoxy) is 1. The van der Waals surface area contributed by atoms with Gasteiger partial charge in [-0.25, -0.2) is 9.48 Å². The van der Waals surface area contributed by atoms with Crippen LogP contribution in [0.15, 0.2) is 24.3 Å². The van der Waals surface area contributed by atoms with E-state index >= 15 is 0 Å². The van der Waals surface area contributed by atoms with Crippen molar-refractivity contribution in [1.82, 2.24) is 9.78 Å². The van der Waals surface area contributed by atoms with E-state index in [2.05, 4.69) is 9.84 Å². The number of methoxy groups -OCH3 is 1. The van der Waals surface area contributed by atoms with E-state index in [0.29, 0.717) is 41.8 Å². The Labute approximate surface area is 132 Å². The largest absolute Gasteiger partial charge is 0.465 e. The molecule has 7 heteroatoms. The number of nitrogens with zero attached hydrogens (tertiary/aromatic N) is 2. The minimum atomic E-state index is -0.721. The number of primary amides is 1. The first kappa shape index (κ1) is 15.0. The minimum Gasteiger partial charge on any atom is -0.465 e. The average molecular weight is 313 g/mol. The number of aromatic nitrogens is 2. The molecule has 0 unspecified atom stereocenters. The molecule has 0 bridgehead atoms. The smallest absolute Gasteiger partial charge is 0.337 e.